The van der Waals surface area contributed by atoms with Crippen LogP contribution in [0, 0.1) is 0 Å². The van der Waals surface area contributed by atoms with Gasteiger partial charge in [-0.05, 0) is 23.8 Å². The highest BCUT2D eigenvalue weighted by molar-refractivity contribution is 6.04. The van der Waals surface area contributed by atoms with Gasteiger partial charge in [-0.2, -0.15) is 0 Å². The summed E-state index contributed by atoms with van der Waals surface area (Å²) in [5, 5.41) is 9.37. The summed E-state index contributed by atoms with van der Waals surface area (Å²) < 4.78 is 5.45. The molecule has 0 saturated carbocycles. The molecule has 0 aromatic heterocycles. The zero-order chi connectivity index (χ0) is 20.8. The third-order valence-corrected chi connectivity index (χ3v) is 4.78. The first-order valence-electron chi connectivity index (χ1n) is 9.56. The molecule has 1 aliphatic rings. The molecule has 2 amide bonds. The third-order valence-electron chi connectivity index (χ3n) is 4.78. The lowest BCUT2D eigenvalue weighted by Gasteiger charge is -2.31. The van der Waals surface area contributed by atoms with Crippen LogP contribution in [0.4, 0.5) is 5.69 Å². The van der Waals surface area contributed by atoms with Gasteiger partial charge in [-0.15, -0.1) is 0 Å². The Labute approximate surface area is 169 Å². The summed E-state index contributed by atoms with van der Waals surface area (Å²) in [5.74, 6) is -0.239. The monoisotopic (exact) mass is 396 g/mol. The van der Waals surface area contributed by atoms with Crippen LogP contribution in [-0.4, -0.2) is 53.9 Å². The molecular weight excluding hydrogens is 372 g/mol. The van der Waals surface area contributed by atoms with Gasteiger partial charge in [0.25, 0.3) is 5.91 Å². The van der Waals surface area contributed by atoms with Gasteiger partial charge in [0.05, 0.1) is 12.3 Å². The van der Waals surface area contributed by atoms with Gasteiger partial charge in [-0.3, -0.25) is 19.3 Å². The topological polar surface area (TPSA) is 87.2 Å². The number of nitrogens with zero attached hydrogens (tertiary/aromatic N) is 2. The molecule has 1 N–H and O–H groups in total. The number of fused-ring (bicyclic) bond motifs is 1. The molecule has 1 aliphatic heterocycles. The maximum absolute atomic E-state index is 12.9. The molecule has 152 valence electrons. The summed E-state index contributed by atoms with van der Waals surface area (Å²) in [5.41, 5.74) is 1.81. The molecule has 1 heterocycles. The van der Waals surface area contributed by atoms with E-state index in [1.807, 2.05) is 30.3 Å². The van der Waals surface area contributed by atoms with E-state index in [4.69, 9.17) is 4.74 Å². The molecule has 7 nitrogen and oxygen atoms in total. The number of Topliss-reactive ketones (excluding diaryl/α,β-unsaturated/α-hetero) is 1. The second-order valence-electron chi connectivity index (χ2n) is 6.75. The number of hydrogen-bond donors (Lipinski definition) is 1. The number of carbonyl (C=O) groups is 3. The third kappa shape index (κ3) is 4.81. The first-order chi connectivity index (χ1) is 14.0. The summed E-state index contributed by atoms with van der Waals surface area (Å²) in [6, 6.07) is 14.4. The minimum atomic E-state index is -0.351. The van der Waals surface area contributed by atoms with Crippen molar-refractivity contribution in [2.45, 2.75) is 19.9 Å². The van der Waals surface area contributed by atoms with Crippen molar-refractivity contribution in [1.29, 1.82) is 0 Å². The molecule has 0 unspecified atom stereocenters. The number of rotatable bonds is 8. The van der Waals surface area contributed by atoms with E-state index in [2.05, 4.69) is 0 Å². The minimum absolute atomic E-state index is 0.0527. The van der Waals surface area contributed by atoms with E-state index in [0.29, 0.717) is 30.0 Å². The quantitative estimate of drug-likeness (QED) is 0.690. The molecule has 0 saturated heterocycles. The lowest BCUT2D eigenvalue weighted by Crippen LogP contribution is -2.47. The summed E-state index contributed by atoms with van der Waals surface area (Å²) in [4.78, 5) is 40.3. The van der Waals surface area contributed by atoms with Crippen molar-refractivity contribution in [2.24, 2.45) is 0 Å². The van der Waals surface area contributed by atoms with Crippen LogP contribution < -0.4 is 9.64 Å². The Morgan fingerprint density at radius 2 is 1.93 bits per heavy atom. The number of amides is 2. The van der Waals surface area contributed by atoms with E-state index in [0.717, 1.165) is 5.56 Å². The average molecular weight is 396 g/mol. The predicted molar refractivity (Wildman–Crippen MR) is 108 cm³/mol. The molecule has 0 fully saturated rings. The van der Waals surface area contributed by atoms with E-state index in [9.17, 15) is 19.5 Å². The Morgan fingerprint density at radius 1 is 1.17 bits per heavy atom. The van der Waals surface area contributed by atoms with Crippen molar-refractivity contribution in [3.63, 3.8) is 0 Å². The van der Waals surface area contributed by atoms with Crippen molar-refractivity contribution in [1.82, 2.24) is 4.90 Å². The maximum atomic E-state index is 12.9. The van der Waals surface area contributed by atoms with Crippen molar-refractivity contribution in [2.75, 3.05) is 31.2 Å². The fraction of sp³-hybridized carbons (Fsp3) is 0.318. The number of ether oxygens (including phenoxy) is 1. The van der Waals surface area contributed by atoms with Gasteiger partial charge in [0.2, 0.25) is 5.91 Å². The van der Waals surface area contributed by atoms with Crippen LogP contribution in [-0.2, 0) is 16.1 Å². The fourth-order valence-corrected chi connectivity index (χ4v) is 3.20. The smallest absolute Gasteiger partial charge is 0.265 e. The van der Waals surface area contributed by atoms with Gasteiger partial charge in [-0.1, -0.05) is 37.3 Å². The number of ketones is 1. The normalized spacial score (nSPS) is 12.9. The SMILES string of the molecule is CCC(=O)c1ccc2c(c1)N(CC(=O)N(CCO)Cc1ccccc1)C(=O)CO2. The molecule has 29 heavy (non-hydrogen) atoms. The Bertz CT molecular complexity index is 897. The largest absolute Gasteiger partial charge is 0.482 e. The van der Waals surface area contributed by atoms with Crippen molar-refractivity contribution < 1.29 is 24.2 Å². The molecule has 2 aromatic rings. The number of benzene rings is 2. The number of hydrogen-bond acceptors (Lipinski definition) is 5. The molecular formula is C22H24N2O5. The van der Waals surface area contributed by atoms with Gasteiger partial charge in [0.1, 0.15) is 12.3 Å². The van der Waals surface area contributed by atoms with Gasteiger partial charge in [0.15, 0.2) is 12.4 Å². The summed E-state index contributed by atoms with van der Waals surface area (Å²) >= 11 is 0. The van der Waals surface area contributed by atoms with Crippen molar-refractivity contribution in [3.8, 4) is 5.75 Å². The lowest BCUT2D eigenvalue weighted by molar-refractivity contribution is -0.133. The van der Waals surface area contributed by atoms with Gasteiger partial charge < -0.3 is 14.7 Å². The van der Waals surface area contributed by atoms with E-state index >= 15 is 0 Å². The first kappa shape index (κ1) is 20.5. The second kappa shape index (κ2) is 9.34. The highest BCUT2D eigenvalue weighted by atomic mass is 16.5. The maximum Gasteiger partial charge on any atom is 0.265 e. The molecule has 0 aliphatic carbocycles. The van der Waals surface area contributed by atoms with Gasteiger partial charge >= 0.3 is 0 Å². The highest BCUT2D eigenvalue weighted by Crippen LogP contribution is 2.33. The van der Waals surface area contributed by atoms with E-state index in [-0.39, 0.29) is 43.9 Å². The predicted octanol–water partition coefficient (Wildman–Crippen LogP) is 2.03. The van der Waals surface area contributed by atoms with E-state index < -0.39 is 0 Å². The molecule has 7 heteroatoms. The van der Waals surface area contributed by atoms with Gasteiger partial charge in [0, 0.05) is 25.1 Å². The number of aliphatic hydroxyl groups is 1. The van der Waals surface area contributed by atoms with E-state index in [1.165, 1.54) is 9.80 Å². The van der Waals surface area contributed by atoms with Crippen molar-refractivity contribution in [3.05, 3.63) is 59.7 Å². The zero-order valence-corrected chi connectivity index (χ0v) is 16.3. The minimum Gasteiger partial charge on any atom is -0.482 e. The van der Waals surface area contributed by atoms with E-state index in [1.54, 1.807) is 25.1 Å². The Kier molecular flexibility index (Phi) is 6.61. The number of anilines is 1. The molecule has 3 rings (SSSR count). The molecule has 0 radical (unpaired) electrons. The summed E-state index contributed by atoms with van der Waals surface area (Å²) in [6.07, 6.45) is 0.341. The van der Waals surface area contributed by atoms with Crippen LogP contribution in [0.15, 0.2) is 48.5 Å². The van der Waals surface area contributed by atoms with Gasteiger partial charge in [-0.25, -0.2) is 0 Å². The second-order valence-corrected chi connectivity index (χ2v) is 6.75. The Hall–Kier alpha value is -3.19. The van der Waals surface area contributed by atoms with Crippen LogP contribution in [0.1, 0.15) is 29.3 Å². The molecule has 0 atom stereocenters. The first-order valence-corrected chi connectivity index (χ1v) is 9.56. The molecule has 2 aromatic carbocycles. The molecule has 0 spiro atoms. The standard InChI is InChI=1S/C22H24N2O5/c1-2-19(26)17-8-9-20-18(12-17)24(22(28)15-29-20)14-21(27)23(10-11-25)13-16-6-4-3-5-7-16/h3-9,12,25H,2,10-11,13-15H2,1H3. The van der Waals surface area contributed by atoms with Crippen molar-refractivity contribution >= 4 is 23.3 Å². The van der Waals surface area contributed by atoms with Crippen LogP contribution in [0.2, 0.25) is 0 Å². The average Bonchev–Trinajstić information content (AvgIpc) is 2.75. The summed E-state index contributed by atoms with van der Waals surface area (Å²) in [7, 11) is 0. The zero-order valence-electron chi connectivity index (χ0n) is 16.3. The Morgan fingerprint density at radius 3 is 2.62 bits per heavy atom. The Balaban J connectivity index is 1.83. The van der Waals surface area contributed by atoms with Crippen LogP contribution in [0.5, 0.6) is 5.75 Å². The van der Waals surface area contributed by atoms with Crippen LogP contribution in [0.3, 0.4) is 0 Å². The summed E-state index contributed by atoms with van der Waals surface area (Å²) in [6.45, 7) is 1.72. The molecule has 0 bridgehead atoms. The number of aliphatic hydroxyl groups excluding tert-OH is 1. The van der Waals surface area contributed by atoms with Crippen LogP contribution >= 0.6 is 0 Å². The highest BCUT2D eigenvalue weighted by Gasteiger charge is 2.29. The van der Waals surface area contributed by atoms with Crippen LogP contribution in [0.25, 0.3) is 0 Å². The fourth-order valence-electron chi connectivity index (χ4n) is 3.20. The lowest BCUT2D eigenvalue weighted by atomic mass is 10.1. The number of carbonyl (C=O) groups excluding carboxylic acids is 3.